The number of ketones is 1. The fourth-order valence-corrected chi connectivity index (χ4v) is 3.04. The van der Waals surface area contributed by atoms with Crippen LogP contribution in [0.5, 0.6) is 0 Å². The number of nitrogens with zero attached hydrogens (tertiary/aromatic N) is 3. The summed E-state index contributed by atoms with van der Waals surface area (Å²) in [7, 11) is 2.06. The Kier molecular flexibility index (Phi) is 3.86. The first kappa shape index (κ1) is 14.0. The minimum absolute atomic E-state index is 0.126. The van der Waals surface area contributed by atoms with Gasteiger partial charge in [0, 0.05) is 32.6 Å². The molecule has 1 atom stereocenters. The van der Waals surface area contributed by atoms with Gasteiger partial charge in [-0.25, -0.2) is 9.78 Å². The van der Waals surface area contributed by atoms with Crippen molar-refractivity contribution in [1.82, 2.24) is 9.88 Å². The van der Waals surface area contributed by atoms with E-state index in [-0.39, 0.29) is 16.4 Å². The molecule has 0 radical (unpaired) electrons. The molecule has 6 nitrogen and oxygen atoms in total. The summed E-state index contributed by atoms with van der Waals surface area (Å²) in [5.41, 5.74) is -0.126. The van der Waals surface area contributed by atoms with Gasteiger partial charge in [-0.2, -0.15) is 0 Å². The third-order valence-corrected chi connectivity index (χ3v) is 4.59. The maximum atomic E-state index is 11.5. The number of hydrogen-bond acceptors (Lipinski definition) is 6. The van der Waals surface area contributed by atoms with Crippen LogP contribution in [0, 0.1) is 0 Å². The van der Waals surface area contributed by atoms with Crippen molar-refractivity contribution in [2.45, 2.75) is 19.9 Å². The van der Waals surface area contributed by atoms with Gasteiger partial charge in [0.25, 0.3) is 0 Å². The molecule has 0 aromatic carbocycles. The quantitative estimate of drug-likeness (QED) is 0.840. The van der Waals surface area contributed by atoms with Crippen LogP contribution in [0.1, 0.15) is 34.0 Å². The molecule has 0 amide bonds. The summed E-state index contributed by atoms with van der Waals surface area (Å²) >= 11 is 1.17. The smallest absolute Gasteiger partial charge is 0.356 e. The number of carboxylic acids is 1. The molecule has 0 saturated carbocycles. The van der Waals surface area contributed by atoms with Crippen LogP contribution in [0.4, 0.5) is 5.13 Å². The fourth-order valence-electron chi connectivity index (χ4n) is 2.05. The van der Waals surface area contributed by atoms with Crippen molar-refractivity contribution in [3.63, 3.8) is 0 Å². The van der Waals surface area contributed by atoms with Crippen LogP contribution in [-0.4, -0.2) is 59.5 Å². The predicted octanol–water partition coefficient (Wildman–Crippen LogP) is 1.18. The van der Waals surface area contributed by atoms with E-state index in [1.54, 1.807) is 0 Å². The number of carboxylic acid groups (broad SMARTS) is 1. The molecule has 1 N–H and O–H groups in total. The molecule has 2 heterocycles. The lowest BCUT2D eigenvalue weighted by Crippen LogP contribution is -2.50. The molecule has 1 aliphatic rings. The number of thiazole rings is 1. The summed E-state index contributed by atoms with van der Waals surface area (Å²) in [5, 5.41) is 9.71. The second-order valence-corrected chi connectivity index (χ2v) is 5.79. The largest absolute Gasteiger partial charge is 0.476 e. The van der Waals surface area contributed by atoms with Gasteiger partial charge in [0.05, 0.1) is 0 Å². The molecular formula is C12H17N3O3S. The molecule has 19 heavy (non-hydrogen) atoms. The summed E-state index contributed by atoms with van der Waals surface area (Å²) < 4.78 is 0. The second kappa shape index (κ2) is 5.26. The number of likely N-dealkylation sites (N-methyl/N-ethyl adjacent to an activating group) is 1. The average Bonchev–Trinajstić information content (AvgIpc) is 2.78. The Bertz CT molecular complexity index is 483. The first-order valence-corrected chi connectivity index (χ1v) is 6.92. The number of hydrogen-bond donors (Lipinski definition) is 1. The zero-order valence-electron chi connectivity index (χ0n) is 11.2. The maximum Gasteiger partial charge on any atom is 0.356 e. The van der Waals surface area contributed by atoms with Crippen LogP contribution in [0.2, 0.25) is 0 Å². The van der Waals surface area contributed by atoms with E-state index in [0.717, 1.165) is 19.6 Å². The van der Waals surface area contributed by atoms with Crippen molar-refractivity contribution in [3.8, 4) is 0 Å². The molecule has 0 aliphatic carbocycles. The van der Waals surface area contributed by atoms with Crippen molar-refractivity contribution >= 4 is 28.2 Å². The Hall–Kier alpha value is -1.47. The Morgan fingerprint density at radius 1 is 1.42 bits per heavy atom. The van der Waals surface area contributed by atoms with Gasteiger partial charge in [-0.3, -0.25) is 4.79 Å². The Morgan fingerprint density at radius 2 is 2.11 bits per heavy atom. The summed E-state index contributed by atoms with van der Waals surface area (Å²) in [6.07, 6.45) is 0. The number of piperazine rings is 1. The number of Topliss-reactive ketones (excluding diaryl/α,β-unsaturated/α-hetero) is 1. The Balaban J connectivity index is 2.28. The highest BCUT2D eigenvalue weighted by molar-refractivity contribution is 7.17. The monoisotopic (exact) mass is 283 g/mol. The fraction of sp³-hybridized carbons (Fsp3) is 0.583. The van der Waals surface area contributed by atoms with Gasteiger partial charge < -0.3 is 14.9 Å². The van der Waals surface area contributed by atoms with Gasteiger partial charge in [-0.15, -0.1) is 0 Å². The minimum Gasteiger partial charge on any atom is -0.476 e. The van der Waals surface area contributed by atoms with Gasteiger partial charge in [0.2, 0.25) is 0 Å². The molecule has 0 spiro atoms. The van der Waals surface area contributed by atoms with E-state index in [9.17, 15) is 9.59 Å². The lowest BCUT2D eigenvalue weighted by Gasteiger charge is -2.37. The summed E-state index contributed by atoms with van der Waals surface area (Å²) in [6, 6.07) is 0.381. The second-order valence-electron chi connectivity index (χ2n) is 4.81. The zero-order valence-corrected chi connectivity index (χ0v) is 12.0. The molecule has 1 unspecified atom stereocenters. The first-order valence-electron chi connectivity index (χ1n) is 6.10. The standard InChI is InChI=1S/C12H17N3O3S/c1-7-6-15(5-4-14(7)3)12-13-9(11(17)18)10(19-12)8(2)16/h7H,4-6H2,1-3H3,(H,17,18). The number of carbonyl (C=O) groups excluding carboxylic acids is 1. The van der Waals surface area contributed by atoms with Gasteiger partial charge >= 0.3 is 5.97 Å². The van der Waals surface area contributed by atoms with E-state index in [0.29, 0.717) is 11.2 Å². The van der Waals surface area contributed by atoms with Gasteiger partial charge in [0.1, 0.15) is 4.88 Å². The van der Waals surface area contributed by atoms with Gasteiger partial charge in [0.15, 0.2) is 16.6 Å². The average molecular weight is 283 g/mol. The molecule has 1 aliphatic heterocycles. The molecule has 1 aromatic rings. The van der Waals surface area contributed by atoms with Gasteiger partial charge in [-0.05, 0) is 14.0 Å². The summed E-state index contributed by atoms with van der Waals surface area (Å²) in [5.74, 6) is -1.39. The number of aromatic nitrogens is 1. The maximum absolute atomic E-state index is 11.5. The van der Waals surface area contributed by atoms with Crippen LogP contribution in [0.3, 0.4) is 0 Å². The lowest BCUT2D eigenvalue weighted by atomic mass is 10.2. The van der Waals surface area contributed by atoms with Crippen LogP contribution in [-0.2, 0) is 0 Å². The molecule has 0 bridgehead atoms. The molecular weight excluding hydrogens is 266 g/mol. The van der Waals surface area contributed by atoms with E-state index in [1.165, 1.54) is 18.3 Å². The van der Waals surface area contributed by atoms with Crippen molar-refractivity contribution in [3.05, 3.63) is 10.6 Å². The van der Waals surface area contributed by atoms with Crippen molar-refractivity contribution in [1.29, 1.82) is 0 Å². The predicted molar refractivity (Wildman–Crippen MR) is 73.4 cm³/mol. The molecule has 7 heteroatoms. The van der Waals surface area contributed by atoms with Crippen molar-refractivity contribution in [2.24, 2.45) is 0 Å². The Morgan fingerprint density at radius 3 is 2.58 bits per heavy atom. The summed E-state index contributed by atoms with van der Waals surface area (Å²) in [4.78, 5) is 31.2. The van der Waals surface area contributed by atoms with Crippen LogP contribution in [0.25, 0.3) is 0 Å². The molecule has 1 fully saturated rings. The van der Waals surface area contributed by atoms with Crippen LogP contribution in [0.15, 0.2) is 0 Å². The van der Waals surface area contributed by atoms with Crippen LogP contribution >= 0.6 is 11.3 Å². The third kappa shape index (κ3) is 2.76. The minimum atomic E-state index is -1.14. The number of carbonyl (C=O) groups is 2. The third-order valence-electron chi connectivity index (χ3n) is 3.37. The number of aromatic carboxylic acids is 1. The SMILES string of the molecule is CC(=O)c1sc(N2CCN(C)C(C)C2)nc1C(=O)O. The Labute approximate surface area is 115 Å². The topological polar surface area (TPSA) is 73.7 Å². The zero-order chi connectivity index (χ0) is 14.2. The van der Waals surface area contributed by atoms with Crippen molar-refractivity contribution in [2.75, 3.05) is 31.6 Å². The summed E-state index contributed by atoms with van der Waals surface area (Å²) in [6.45, 7) is 5.98. The van der Waals surface area contributed by atoms with Crippen LogP contribution < -0.4 is 4.90 Å². The number of anilines is 1. The van der Waals surface area contributed by atoms with Crippen molar-refractivity contribution < 1.29 is 14.7 Å². The van der Waals surface area contributed by atoms with E-state index in [1.807, 2.05) is 4.90 Å². The van der Waals surface area contributed by atoms with E-state index < -0.39 is 5.97 Å². The van der Waals surface area contributed by atoms with E-state index in [2.05, 4.69) is 23.9 Å². The highest BCUT2D eigenvalue weighted by Crippen LogP contribution is 2.28. The highest BCUT2D eigenvalue weighted by atomic mass is 32.1. The molecule has 2 rings (SSSR count). The number of rotatable bonds is 3. The first-order chi connectivity index (χ1) is 8.90. The lowest BCUT2D eigenvalue weighted by molar-refractivity contribution is 0.0687. The molecule has 104 valence electrons. The molecule has 1 aromatic heterocycles. The van der Waals surface area contributed by atoms with Gasteiger partial charge in [-0.1, -0.05) is 11.3 Å². The highest BCUT2D eigenvalue weighted by Gasteiger charge is 2.27. The van der Waals surface area contributed by atoms with E-state index >= 15 is 0 Å². The molecule has 1 saturated heterocycles. The normalized spacial score (nSPS) is 20.6. The van der Waals surface area contributed by atoms with E-state index in [4.69, 9.17) is 5.11 Å².